The second-order valence-corrected chi connectivity index (χ2v) is 4.32. The number of carbonyl (C=O) groups excluding carboxylic acids is 1. The van der Waals surface area contributed by atoms with E-state index in [1.165, 1.54) is 0 Å². The third kappa shape index (κ3) is 4.36. The van der Waals surface area contributed by atoms with Gasteiger partial charge in [-0.05, 0) is 50.6 Å². The number of rotatable bonds is 6. The average molecular weight is 255 g/mol. The second-order valence-electron chi connectivity index (χ2n) is 3.89. The van der Waals surface area contributed by atoms with Crippen molar-refractivity contribution in [2.24, 2.45) is 5.73 Å². The van der Waals surface area contributed by atoms with Crippen molar-refractivity contribution >= 4 is 17.5 Å². The topological polar surface area (TPSA) is 46.3 Å². The molecule has 0 radical (unpaired) electrons. The Morgan fingerprint density at radius 2 is 1.94 bits per heavy atom. The van der Waals surface area contributed by atoms with Gasteiger partial charge >= 0.3 is 0 Å². The highest BCUT2D eigenvalue weighted by atomic mass is 35.5. The van der Waals surface area contributed by atoms with Gasteiger partial charge in [0, 0.05) is 23.7 Å². The van der Waals surface area contributed by atoms with E-state index in [2.05, 4.69) is 0 Å². The van der Waals surface area contributed by atoms with Crippen LogP contribution in [0.2, 0.25) is 5.02 Å². The van der Waals surface area contributed by atoms with E-state index in [9.17, 15) is 4.79 Å². The fraction of sp³-hybridized carbons (Fsp3) is 0.462. The molecule has 2 N–H and O–H groups in total. The molecular weight excluding hydrogens is 236 g/mol. The third-order valence-electron chi connectivity index (χ3n) is 2.64. The van der Waals surface area contributed by atoms with E-state index in [4.69, 9.17) is 17.3 Å². The van der Waals surface area contributed by atoms with Crippen molar-refractivity contribution in [2.75, 3.05) is 19.6 Å². The summed E-state index contributed by atoms with van der Waals surface area (Å²) in [6, 6.07) is 7.00. The van der Waals surface area contributed by atoms with Gasteiger partial charge in [0.05, 0.1) is 0 Å². The minimum absolute atomic E-state index is 0.0567. The van der Waals surface area contributed by atoms with Gasteiger partial charge in [0.1, 0.15) is 0 Å². The first-order valence-electron chi connectivity index (χ1n) is 5.94. The molecule has 3 nitrogen and oxygen atoms in total. The number of hydrogen-bond donors (Lipinski definition) is 1. The summed E-state index contributed by atoms with van der Waals surface area (Å²) >= 11 is 5.79. The van der Waals surface area contributed by atoms with Crippen LogP contribution >= 0.6 is 11.6 Å². The lowest BCUT2D eigenvalue weighted by molar-refractivity contribution is 0.0762. The first-order chi connectivity index (χ1) is 8.19. The fourth-order valence-corrected chi connectivity index (χ4v) is 1.75. The lowest BCUT2D eigenvalue weighted by Gasteiger charge is -2.20. The van der Waals surface area contributed by atoms with E-state index in [0.29, 0.717) is 23.7 Å². The number of amides is 1. The molecule has 0 saturated carbocycles. The summed E-state index contributed by atoms with van der Waals surface area (Å²) < 4.78 is 0. The lowest BCUT2D eigenvalue weighted by atomic mass is 10.2. The number of nitrogens with zero attached hydrogens (tertiary/aromatic N) is 1. The molecule has 0 aliphatic rings. The first-order valence-corrected chi connectivity index (χ1v) is 6.31. The average Bonchev–Trinajstić information content (AvgIpc) is 2.35. The zero-order chi connectivity index (χ0) is 12.7. The molecule has 1 rings (SSSR count). The first kappa shape index (κ1) is 14.0. The molecule has 17 heavy (non-hydrogen) atoms. The molecule has 0 fully saturated rings. The summed E-state index contributed by atoms with van der Waals surface area (Å²) in [4.78, 5) is 14.0. The number of unbranched alkanes of at least 4 members (excludes halogenated alkanes) is 1. The molecule has 1 aromatic carbocycles. The standard InChI is InChI=1S/C13H19ClN2O/c1-2-16(10-4-3-9-15)13(17)11-5-7-12(14)8-6-11/h5-8H,2-4,9-10,15H2,1H3. The summed E-state index contributed by atoms with van der Waals surface area (Å²) in [5, 5.41) is 0.646. The van der Waals surface area contributed by atoms with Crippen molar-refractivity contribution in [1.29, 1.82) is 0 Å². The smallest absolute Gasteiger partial charge is 0.253 e. The highest BCUT2D eigenvalue weighted by Gasteiger charge is 2.13. The van der Waals surface area contributed by atoms with Crippen molar-refractivity contribution in [3.05, 3.63) is 34.9 Å². The highest BCUT2D eigenvalue weighted by molar-refractivity contribution is 6.30. The number of carbonyl (C=O) groups is 1. The second kappa shape index (κ2) is 7.30. The molecule has 0 atom stereocenters. The van der Waals surface area contributed by atoms with Gasteiger partial charge in [0.2, 0.25) is 0 Å². The lowest BCUT2D eigenvalue weighted by Crippen LogP contribution is -2.32. The van der Waals surface area contributed by atoms with Crippen molar-refractivity contribution in [3.63, 3.8) is 0 Å². The number of halogens is 1. The predicted molar refractivity (Wildman–Crippen MR) is 71.3 cm³/mol. The molecule has 1 aromatic rings. The van der Waals surface area contributed by atoms with E-state index in [1.807, 2.05) is 11.8 Å². The molecule has 0 aliphatic carbocycles. The SMILES string of the molecule is CCN(CCCCN)C(=O)c1ccc(Cl)cc1. The molecule has 1 amide bonds. The van der Waals surface area contributed by atoms with Crippen LogP contribution in [0.4, 0.5) is 0 Å². The van der Waals surface area contributed by atoms with Gasteiger partial charge in [-0.2, -0.15) is 0 Å². The predicted octanol–water partition coefficient (Wildman–Crippen LogP) is 2.54. The summed E-state index contributed by atoms with van der Waals surface area (Å²) in [5.41, 5.74) is 6.13. The normalized spacial score (nSPS) is 10.3. The van der Waals surface area contributed by atoms with Crippen molar-refractivity contribution in [3.8, 4) is 0 Å². The Balaban J connectivity index is 2.62. The zero-order valence-electron chi connectivity index (χ0n) is 10.2. The van der Waals surface area contributed by atoms with Crippen LogP contribution < -0.4 is 5.73 Å². The number of nitrogens with two attached hydrogens (primary N) is 1. The summed E-state index contributed by atoms with van der Waals surface area (Å²) in [7, 11) is 0. The monoisotopic (exact) mass is 254 g/mol. The van der Waals surface area contributed by atoms with Gasteiger partial charge in [-0.25, -0.2) is 0 Å². The number of benzene rings is 1. The molecule has 0 bridgehead atoms. The van der Waals surface area contributed by atoms with Gasteiger partial charge in [-0.1, -0.05) is 11.6 Å². The summed E-state index contributed by atoms with van der Waals surface area (Å²) in [6.07, 6.45) is 1.90. The maximum Gasteiger partial charge on any atom is 0.253 e. The van der Waals surface area contributed by atoms with Crippen molar-refractivity contribution in [1.82, 2.24) is 4.90 Å². The molecular formula is C13H19ClN2O. The van der Waals surface area contributed by atoms with Gasteiger partial charge in [0.15, 0.2) is 0 Å². The van der Waals surface area contributed by atoms with Gasteiger partial charge < -0.3 is 10.6 Å². The minimum atomic E-state index is 0.0567. The van der Waals surface area contributed by atoms with Crippen molar-refractivity contribution in [2.45, 2.75) is 19.8 Å². The van der Waals surface area contributed by atoms with Crippen LogP contribution in [0, 0.1) is 0 Å². The fourth-order valence-electron chi connectivity index (χ4n) is 1.63. The van der Waals surface area contributed by atoms with E-state index in [0.717, 1.165) is 19.4 Å². The van der Waals surface area contributed by atoms with Gasteiger partial charge in [-0.3, -0.25) is 4.79 Å². The zero-order valence-corrected chi connectivity index (χ0v) is 10.9. The molecule has 94 valence electrons. The Morgan fingerprint density at radius 3 is 2.47 bits per heavy atom. The van der Waals surface area contributed by atoms with Crippen LogP contribution in [0.3, 0.4) is 0 Å². The van der Waals surface area contributed by atoms with Crippen LogP contribution in [0.1, 0.15) is 30.1 Å². The molecule has 4 heteroatoms. The van der Waals surface area contributed by atoms with E-state index >= 15 is 0 Å². The van der Waals surface area contributed by atoms with Crippen LogP contribution in [-0.2, 0) is 0 Å². The van der Waals surface area contributed by atoms with E-state index < -0.39 is 0 Å². The van der Waals surface area contributed by atoms with Gasteiger partial charge in [-0.15, -0.1) is 0 Å². The molecule has 0 saturated heterocycles. The maximum atomic E-state index is 12.1. The molecule has 0 heterocycles. The number of hydrogen-bond acceptors (Lipinski definition) is 2. The van der Waals surface area contributed by atoms with E-state index in [1.54, 1.807) is 24.3 Å². The maximum absolute atomic E-state index is 12.1. The van der Waals surface area contributed by atoms with Crippen LogP contribution in [0.25, 0.3) is 0 Å². The quantitative estimate of drug-likeness (QED) is 0.793. The van der Waals surface area contributed by atoms with Gasteiger partial charge in [0.25, 0.3) is 5.91 Å². The van der Waals surface area contributed by atoms with Crippen LogP contribution in [-0.4, -0.2) is 30.4 Å². The van der Waals surface area contributed by atoms with E-state index in [-0.39, 0.29) is 5.91 Å². The summed E-state index contributed by atoms with van der Waals surface area (Å²) in [5.74, 6) is 0.0567. The summed E-state index contributed by atoms with van der Waals surface area (Å²) in [6.45, 7) is 4.13. The Morgan fingerprint density at radius 1 is 1.29 bits per heavy atom. The molecule has 0 unspecified atom stereocenters. The molecule has 0 aliphatic heterocycles. The molecule has 0 aromatic heterocycles. The largest absolute Gasteiger partial charge is 0.339 e. The third-order valence-corrected chi connectivity index (χ3v) is 2.89. The Bertz CT molecular complexity index is 351. The van der Waals surface area contributed by atoms with Crippen LogP contribution in [0.15, 0.2) is 24.3 Å². The Labute approximate surface area is 108 Å². The Hall–Kier alpha value is -1.06. The molecule has 0 spiro atoms. The van der Waals surface area contributed by atoms with Crippen molar-refractivity contribution < 1.29 is 4.79 Å². The Kier molecular flexibility index (Phi) is 6.01. The highest BCUT2D eigenvalue weighted by Crippen LogP contribution is 2.12. The van der Waals surface area contributed by atoms with Crippen LogP contribution in [0.5, 0.6) is 0 Å². The minimum Gasteiger partial charge on any atom is -0.339 e.